The van der Waals surface area contributed by atoms with Gasteiger partial charge in [0.25, 0.3) is 5.78 Å². The minimum Gasteiger partial charge on any atom is -0.451 e. The summed E-state index contributed by atoms with van der Waals surface area (Å²) < 4.78 is 5.02. The molecule has 0 aromatic heterocycles. The van der Waals surface area contributed by atoms with Crippen molar-refractivity contribution in [2.24, 2.45) is 0 Å². The van der Waals surface area contributed by atoms with Crippen molar-refractivity contribution < 1.29 is 19.1 Å². The lowest BCUT2D eigenvalue weighted by Crippen LogP contribution is -2.34. The molecule has 0 aliphatic rings. The van der Waals surface area contributed by atoms with Gasteiger partial charge in [-0.15, -0.1) is 11.8 Å². The summed E-state index contributed by atoms with van der Waals surface area (Å²) in [7, 11) is 0. The first-order chi connectivity index (χ1) is 9.83. The maximum absolute atomic E-state index is 11.9. The molecular formula is C15H18N2O3S. The molecule has 0 N–H and O–H groups in total. The molecule has 0 aliphatic heterocycles. The van der Waals surface area contributed by atoms with E-state index in [4.69, 9.17) is 10.3 Å². The predicted octanol–water partition coefficient (Wildman–Crippen LogP) is 2.50. The lowest BCUT2D eigenvalue weighted by molar-refractivity contribution is -0.151. The van der Waals surface area contributed by atoms with E-state index in [0.29, 0.717) is 5.75 Å². The molecule has 5 nitrogen and oxygen atoms in total. The van der Waals surface area contributed by atoms with Crippen LogP contribution in [0.4, 0.5) is 0 Å². The number of ether oxygens (including phenoxy) is 1. The van der Waals surface area contributed by atoms with Gasteiger partial charge in [0.05, 0.1) is 5.75 Å². The van der Waals surface area contributed by atoms with Crippen molar-refractivity contribution >= 4 is 29.2 Å². The summed E-state index contributed by atoms with van der Waals surface area (Å²) in [5.41, 5.74) is 8.61. The van der Waals surface area contributed by atoms with Gasteiger partial charge in [0.2, 0.25) is 0 Å². The number of hydrogen-bond donors (Lipinski definition) is 0. The summed E-state index contributed by atoms with van der Waals surface area (Å²) in [5.74, 6) is -0.768. The van der Waals surface area contributed by atoms with Gasteiger partial charge in [-0.1, -0.05) is 30.3 Å². The van der Waals surface area contributed by atoms with E-state index in [1.165, 1.54) is 11.8 Å². The molecule has 0 fully saturated rings. The Hall–Kier alpha value is -1.91. The van der Waals surface area contributed by atoms with Gasteiger partial charge in [-0.3, -0.25) is 4.79 Å². The van der Waals surface area contributed by atoms with Crippen molar-refractivity contribution in [1.29, 1.82) is 0 Å². The number of benzene rings is 1. The van der Waals surface area contributed by atoms with E-state index in [2.05, 4.69) is 4.79 Å². The Bertz CT molecular complexity index is 558. The molecule has 0 bridgehead atoms. The van der Waals surface area contributed by atoms with E-state index in [1.807, 2.05) is 30.3 Å². The summed E-state index contributed by atoms with van der Waals surface area (Å²) >= 11 is 1.34. The largest absolute Gasteiger partial charge is 0.451 e. The fraction of sp³-hybridized carbons (Fsp3) is 0.400. The van der Waals surface area contributed by atoms with Crippen LogP contribution in [0.3, 0.4) is 0 Å². The third-order valence-electron chi connectivity index (χ3n) is 2.30. The summed E-state index contributed by atoms with van der Waals surface area (Å²) in [6.45, 7) is 5.03. The number of nitrogens with zero attached hydrogens (tertiary/aromatic N) is 2. The van der Waals surface area contributed by atoms with Crippen LogP contribution in [-0.4, -0.2) is 33.6 Å². The van der Waals surface area contributed by atoms with Crippen molar-refractivity contribution in [2.75, 3.05) is 5.75 Å². The van der Waals surface area contributed by atoms with Crippen molar-refractivity contribution in [3.05, 3.63) is 41.4 Å². The number of ketones is 1. The van der Waals surface area contributed by atoms with Crippen LogP contribution >= 0.6 is 11.8 Å². The number of Topliss-reactive ketones (excluding diaryl/α,β-unsaturated/α-hetero) is 1. The fourth-order valence-electron chi connectivity index (χ4n) is 1.44. The summed E-state index contributed by atoms with van der Waals surface area (Å²) in [6, 6.07) is 9.65. The zero-order chi connectivity index (χ0) is 15.9. The van der Waals surface area contributed by atoms with Crippen LogP contribution in [0.2, 0.25) is 0 Å². The Morgan fingerprint density at radius 1 is 1.24 bits per heavy atom. The van der Waals surface area contributed by atoms with Gasteiger partial charge in [-0.05, 0) is 26.3 Å². The molecule has 0 aliphatic carbocycles. The minimum absolute atomic E-state index is 0.0491. The van der Waals surface area contributed by atoms with Crippen LogP contribution in [0, 0.1) is 0 Å². The molecule has 1 aromatic carbocycles. The highest BCUT2D eigenvalue weighted by Crippen LogP contribution is 2.12. The van der Waals surface area contributed by atoms with Gasteiger partial charge in [0.15, 0.2) is 0 Å². The Balaban J connectivity index is 2.53. The van der Waals surface area contributed by atoms with Crippen LogP contribution in [0.25, 0.3) is 5.53 Å². The zero-order valence-corrected chi connectivity index (χ0v) is 13.1. The first-order valence-corrected chi connectivity index (χ1v) is 7.59. The van der Waals surface area contributed by atoms with E-state index in [9.17, 15) is 9.59 Å². The standard InChI is InChI=1S/C15H18N2O3S/c1-15(2,3)20-14(19)13(17-16)12(18)10-21-9-11-7-5-4-6-8-11/h4-8H,9-10H2,1-3H3. The normalized spacial score (nSPS) is 10.6. The van der Waals surface area contributed by atoms with Crippen LogP contribution in [0.5, 0.6) is 0 Å². The van der Waals surface area contributed by atoms with Crippen LogP contribution in [0.15, 0.2) is 30.3 Å². The highest BCUT2D eigenvalue weighted by molar-refractivity contribution is 7.99. The minimum atomic E-state index is -0.907. The first kappa shape index (κ1) is 17.1. The molecule has 0 radical (unpaired) electrons. The molecule has 1 aromatic rings. The molecule has 0 saturated heterocycles. The van der Waals surface area contributed by atoms with Crippen LogP contribution in [0.1, 0.15) is 26.3 Å². The number of carbonyl (C=O) groups excluding carboxylic acids is 2. The van der Waals surface area contributed by atoms with Crippen LogP contribution in [-0.2, 0) is 20.1 Å². The average molecular weight is 306 g/mol. The summed E-state index contributed by atoms with van der Waals surface area (Å²) in [6.07, 6.45) is 0. The van der Waals surface area contributed by atoms with Crippen molar-refractivity contribution in [3.63, 3.8) is 0 Å². The van der Waals surface area contributed by atoms with Crippen molar-refractivity contribution in [2.45, 2.75) is 32.1 Å². The number of thioether (sulfide) groups is 1. The van der Waals surface area contributed by atoms with Gasteiger partial charge in [-0.25, -0.2) is 4.79 Å². The Labute approximate surface area is 128 Å². The molecular weight excluding hydrogens is 288 g/mol. The van der Waals surface area contributed by atoms with E-state index < -0.39 is 23.1 Å². The van der Waals surface area contributed by atoms with E-state index >= 15 is 0 Å². The summed E-state index contributed by atoms with van der Waals surface area (Å²) in [4.78, 5) is 26.4. The number of hydrogen-bond acceptors (Lipinski definition) is 4. The van der Waals surface area contributed by atoms with Crippen molar-refractivity contribution in [1.82, 2.24) is 0 Å². The predicted molar refractivity (Wildman–Crippen MR) is 82.1 cm³/mol. The number of carbonyl (C=O) groups is 2. The maximum Gasteiger partial charge on any atom is 0.442 e. The lowest BCUT2D eigenvalue weighted by Gasteiger charge is -2.17. The fourth-order valence-corrected chi connectivity index (χ4v) is 2.29. The van der Waals surface area contributed by atoms with Gasteiger partial charge < -0.3 is 10.3 Å². The zero-order valence-electron chi connectivity index (χ0n) is 12.3. The quantitative estimate of drug-likeness (QED) is 0.266. The number of esters is 1. The SMILES string of the molecule is CC(C)(C)OC(=O)C(=[N+]=[N-])C(=O)CSCc1ccccc1. The first-order valence-electron chi connectivity index (χ1n) is 6.44. The maximum atomic E-state index is 11.9. The Kier molecular flexibility index (Phi) is 6.34. The third kappa shape index (κ3) is 6.38. The van der Waals surface area contributed by atoms with Gasteiger partial charge in [0.1, 0.15) is 5.60 Å². The Morgan fingerprint density at radius 2 is 1.86 bits per heavy atom. The topological polar surface area (TPSA) is 79.8 Å². The molecule has 0 atom stereocenters. The lowest BCUT2D eigenvalue weighted by atomic mass is 10.2. The van der Waals surface area contributed by atoms with Gasteiger partial charge in [-0.2, -0.15) is 4.79 Å². The van der Waals surface area contributed by atoms with E-state index in [1.54, 1.807) is 20.8 Å². The number of rotatable bonds is 6. The molecule has 0 spiro atoms. The molecule has 21 heavy (non-hydrogen) atoms. The molecule has 112 valence electrons. The van der Waals surface area contributed by atoms with Gasteiger partial charge >= 0.3 is 11.7 Å². The molecule has 0 amide bonds. The average Bonchev–Trinajstić information content (AvgIpc) is 2.38. The van der Waals surface area contributed by atoms with Crippen molar-refractivity contribution in [3.8, 4) is 0 Å². The summed E-state index contributed by atoms with van der Waals surface area (Å²) in [5, 5.41) is 0. The molecule has 0 unspecified atom stereocenters. The van der Waals surface area contributed by atoms with Crippen LogP contribution < -0.4 is 0 Å². The second kappa shape index (κ2) is 7.76. The molecule has 0 saturated carbocycles. The Morgan fingerprint density at radius 3 is 2.38 bits per heavy atom. The smallest absolute Gasteiger partial charge is 0.442 e. The molecule has 6 heteroatoms. The second-order valence-electron chi connectivity index (χ2n) is 5.35. The second-order valence-corrected chi connectivity index (χ2v) is 6.34. The highest BCUT2D eigenvalue weighted by atomic mass is 32.2. The molecule has 0 heterocycles. The van der Waals surface area contributed by atoms with E-state index in [-0.39, 0.29) is 5.75 Å². The van der Waals surface area contributed by atoms with Gasteiger partial charge in [0, 0.05) is 5.75 Å². The third-order valence-corrected chi connectivity index (χ3v) is 3.30. The monoisotopic (exact) mass is 306 g/mol. The highest BCUT2D eigenvalue weighted by Gasteiger charge is 2.33. The van der Waals surface area contributed by atoms with E-state index in [0.717, 1.165) is 5.56 Å². The molecule has 1 rings (SSSR count).